The molecule has 0 aromatic heterocycles. The van der Waals surface area contributed by atoms with E-state index in [1.165, 1.54) is 5.19 Å². The lowest BCUT2D eigenvalue weighted by molar-refractivity contribution is -0.113. The van der Waals surface area contributed by atoms with E-state index in [1.54, 1.807) is 0 Å². The molecule has 0 fully saturated rings. The molecule has 0 aliphatic carbocycles. The molecule has 0 amide bonds. The van der Waals surface area contributed by atoms with Crippen LogP contribution in [0.1, 0.15) is 22.3 Å². The first-order valence-electron chi connectivity index (χ1n) is 11.8. The summed E-state index contributed by atoms with van der Waals surface area (Å²) >= 11 is 0. The molecular formula is C29H33BO5Si. The summed E-state index contributed by atoms with van der Waals surface area (Å²) in [5.41, 5.74) is -0.873. The van der Waals surface area contributed by atoms with Crippen molar-refractivity contribution in [3.63, 3.8) is 0 Å². The molecule has 7 heteroatoms. The third kappa shape index (κ3) is 5.68. The van der Waals surface area contributed by atoms with E-state index in [0.717, 1.165) is 0 Å². The summed E-state index contributed by atoms with van der Waals surface area (Å²) in [4.78, 5) is 0. The predicted octanol–water partition coefficient (Wildman–Crippen LogP) is 3.35. The van der Waals surface area contributed by atoms with Gasteiger partial charge in [-0.05, 0) is 22.3 Å². The van der Waals surface area contributed by atoms with Crippen molar-refractivity contribution in [3.8, 4) is 0 Å². The van der Waals surface area contributed by atoms with E-state index >= 15 is 0 Å². The maximum absolute atomic E-state index is 12.6. The monoisotopic (exact) mass is 500 g/mol. The van der Waals surface area contributed by atoms with Gasteiger partial charge in [-0.2, -0.15) is 0 Å². The summed E-state index contributed by atoms with van der Waals surface area (Å²) in [7, 11) is -3.68. The fraction of sp³-hybridized carbons (Fsp3) is 0.172. The number of hydrogen-bond acceptors (Lipinski definition) is 5. The van der Waals surface area contributed by atoms with Gasteiger partial charge in [-0.25, -0.2) is 0 Å². The van der Waals surface area contributed by atoms with E-state index in [-0.39, 0.29) is 0 Å². The third-order valence-corrected chi connectivity index (χ3v) is 8.33. The fourth-order valence-corrected chi connectivity index (χ4v) is 5.59. The summed E-state index contributed by atoms with van der Waals surface area (Å²) in [6.45, 7) is 6.90. The van der Waals surface area contributed by atoms with Gasteiger partial charge < -0.3 is 25.3 Å². The molecule has 0 saturated carbocycles. The molecule has 0 bridgehead atoms. The molecule has 1 atom stereocenters. The first kappa shape index (κ1) is 27.5. The minimum atomic E-state index is -2.17. The van der Waals surface area contributed by atoms with Gasteiger partial charge in [0.2, 0.25) is 0 Å². The summed E-state index contributed by atoms with van der Waals surface area (Å²) in [6, 6.07) is 36.5. The Morgan fingerprint density at radius 3 is 0.972 bits per heavy atom. The van der Waals surface area contributed by atoms with Crippen LogP contribution >= 0.6 is 0 Å². The van der Waals surface area contributed by atoms with Crippen LogP contribution in [0.15, 0.2) is 115 Å². The molecule has 186 valence electrons. The normalized spacial score (nSPS) is 13.2. The van der Waals surface area contributed by atoms with Gasteiger partial charge in [-0.15, -0.1) is 0 Å². The van der Waals surface area contributed by atoms with Gasteiger partial charge in [-0.1, -0.05) is 140 Å². The Morgan fingerprint density at radius 1 is 0.472 bits per heavy atom. The quantitative estimate of drug-likeness (QED) is 0.262. The lowest BCUT2D eigenvalue weighted by Crippen LogP contribution is -2.51. The molecule has 5 N–H and O–H groups in total. The summed E-state index contributed by atoms with van der Waals surface area (Å²) in [5, 5.41) is 48.0. The SMILES string of the molecule is C[Si](C)(C)c1ccc(C(O)(c2ccccc2)C(O)(c2ccccc2)c2ccccc2)cc1.OB(O)O. The lowest BCUT2D eigenvalue weighted by atomic mass is 9.66. The first-order chi connectivity index (χ1) is 17.0. The number of hydrogen-bond donors (Lipinski definition) is 5. The van der Waals surface area contributed by atoms with Crippen LogP contribution < -0.4 is 5.19 Å². The van der Waals surface area contributed by atoms with E-state index < -0.39 is 26.6 Å². The second-order valence-electron chi connectivity index (χ2n) is 9.69. The van der Waals surface area contributed by atoms with Gasteiger partial charge in [0, 0.05) is 0 Å². The summed E-state index contributed by atoms with van der Waals surface area (Å²) in [6.07, 6.45) is 0. The highest BCUT2D eigenvalue weighted by Crippen LogP contribution is 2.49. The average Bonchev–Trinajstić information content (AvgIpc) is 2.88. The minimum Gasteiger partial charge on any atom is -0.402 e. The molecule has 0 spiro atoms. The average molecular weight is 500 g/mol. The molecule has 0 aliphatic heterocycles. The van der Waals surface area contributed by atoms with Crippen LogP contribution in [-0.2, 0) is 11.2 Å². The first-order valence-corrected chi connectivity index (χ1v) is 15.3. The van der Waals surface area contributed by atoms with E-state index in [4.69, 9.17) is 15.1 Å². The summed E-state index contributed by atoms with van der Waals surface area (Å²) < 4.78 is 0. The predicted molar refractivity (Wildman–Crippen MR) is 147 cm³/mol. The van der Waals surface area contributed by atoms with E-state index in [1.807, 2.05) is 103 Å². The molecule has 5 nitrogen and oxygen atoms in total. The molecule has 0 radical (unpaired) electrons. The highest BCUT2D eigenvalue weighted by atomic mass is 28.3. The van der Waals surface area contributed by atoms with Crippen molar-refractivity contribution >= 4 is 20.6 Å². The van der Waals surface area contributed by atoms with Crippen LogP contribution in [0.3, 0.4) is 0 Å². The third-order valence-electron chi connectivity index (χ3n) is 6.27. The second-order valence-corrected chi connectivity index (χ2v) is 14.8. The molecule has 0 heterocycles. The molecule has 4 aromatic carbocycles. The van der Waals surface area contributed by atoms with Crippen LogP contribution in [0.5, 0.6) is 0 Å². The maximum atomic E-state index is 12.6. The van der Waals surface area contributed by atoms with Gasteiger partial charge in [0.1, 0.15) is 0 Å². The Balaban J connectivity index is 0.000000840. The zero-order valence-corrected chi connectivity index (χ0v) is 21.8. The van der Waals surface area contributed by atoms with Crippen LogP contribution in [-0.4, -0.2) is 40.7 Å². The Morgan fingerprint density at radius 2 is 0.722 bits per heavy atom. The highest BCUT2D eigenvalue weighted by Gasteiger charge is 2.54. The minimum absolute atomic E-state index is 0.631. The van der Waals surface area contributed by atoms with Crippen molar-refractivity contribution in [1.29, 1.82) is 0 Å². The Hall–Kier alpha value is -3.04. The Bertz CT molecular complexity index is 1170. The van der Waals surface area contributed by atoms with Crippen molar-refractivity contribution in [2.45, 2.75) is 30.8 Å². The van der Waals surface area contributed by atoms with Gasteiger partial charge >= 0.3 is 7.32 Å². The standard InChI is InChI=1S/C29H30O2Si.BH3O3/c1-32(2,3)27-21-19-26(20-22-27)29(31,25-17-11-6-12-18-25)28(30,23-13-7-4-8-14-23)24-15-9-5-10-16-24;2-1(3)4/h4-22,30-31H,1-3H3;2-4H. The van der Waals surface area contributed by atoms with Crippen LogP contribution in [0.25, 0.3) is 0 Å². The van der Waals surface area contributed by atoms with Gasteiger partial charge in [0.25, 0.3) is 0 Å². The van der Waals surface area contributed by atoms with E-state index in [9.17, 15) is 10.2 Å². The smallest absolute Gasteiger partial charge is 0.402 e. The van der Waals surface area contributed by atoms with Gasteiger partial charge in [0.05, 0.1) is 8.07 Å². The second kappa shape index (κ2) is 11.3. The topological polar surface area (TPSA) is 101 Å². The van der Waals surface area contributed by atoms with Crippen LogP contribution in [0.2, 0.25) is 19.6 Å². The zero-order chi connectivity index (χ0) is 26.4. The van der Waals surface area contributed by atoms with Crippen molar-refractivity contribution in [3.05, 3.63) is 138 Å². The van der Waals surface area contributed by atoms with Crippen molar-refractivity contribution in [1.82, 2.24) is 0 Å². The van der Waals surface area contributed by atoms with E-state index in [0.29, 0.717) is 22.3 Å². The zero-order valence-electron chi connectivity index (χ0n) is 20.8. The molecule has 1 unspecified atom stereocenters. The molecule has 0 saturated heterocycles. The maximum Gasteiger partial charge on any atom is 0.631 e. The molecule has 4 aromatic rings. The number of rotatable bonds is 6. The Labute approximate surface area is 214 Å². The van der Waals surface area contributed by atoms with Crippen molar-refractivity contribution in [2.75, 3.05) is 0 Å². The van der Waals surface area contributed by atoms with Crippen LogP contribution in [0.4, 0.5) is 0 Å². The van der Waals surface area contributed by atoms with Gasteiger partial charge in [0.15, 0.2) is 11.2 Å². The van der Waals surface area contributed by atoms with Gasteiger partial charge in [-0.3, -0.25) is 0 Å². The molecule has 36 heavy (non-hydrogen) atoms. The lowest BCUT2D eigenvalue weighted by Gasteiger charge is -2.45. The summed E-state index contributed by atoms with van der Waals surface area (Å²) in [5.74, 6) is 0. The van der Waals surface area contributed by atoms with E-state index in [2.05, 4.69) is 31.8 Å². The Kier molecular flexibility index (Phi) is 8.68. The number of aliphatic hydroxyl groups is 2. The fourth-order valence-electron chi connectivity index (χ4n) is 4.42. The van der Waals surface area contributed by atoms with Crippen LogP contribution in [0, 0.1) is 0 Å². The number of benzene rings is 4. The molecular weight excluding hydrogens is 467 g/mol. The van der Waals surface area contributed by atoms with Crippen molar-refractivity contribution < 1.29 is 25.3 Å². The largest absolute Gasteiger partial charge is 0.631 e. The van der Waals surface area contributed by atoms with Crippen molar-refractivity contribution in [2.24, 2.45) is 0 Å². The highest BCUT2D eigenvalue weighted by molar-refractivity contribution is 6.88. The molecule has 4 rings (SSSR count). The molecule has 0 aliphatic rings.